The van der Waals surface area contributed by atoms with E-state index in [4.69, 9.17) is 4.74 Å². The number of aromatic nitrogens is 3. The minimum Gasteiger partial charge on any atom is -0.378 e. The van der Waals surface area contributed by atoms with Gasteiger partial charge in [0.1, 0.15) is 5.82 Å². The Morgan fingerprint density at radius 3 is 2.57 bits per heavy atom. The first kappa shape index (κ1) is 22.9. The third-order valence-electron chi connectivity index (χ3n) is 6.51. The van der Waals surface area contributed by atoms with E-state index in [1.54, 1.807) is 36.6 Å². The molecule has 2 unspecified atom stereocenters. The summed E-state index contributed by atoms with van der Waals surface area (Å²) in [5.41, 5.74) is 4.11. The van der Waals surface area contributed by atoms with Crippen LogP contribution in [0.4, 0.5) is 11.5 Å². The van der Waals surface area contributed by atoms with Crippen molar-refractivity contribution >= 4 is 23.3 Å². The number of amides is 2. The lowest BCUT2D eigenvalue weighted by Gasteiger charge is -2.39. The Bertz CT molecular complexity index is 1210. The van der Waals surface area contributed by atoms with Crippen LogP contribution in [0.5, 0.6) is 0 Å². The van der Waals surface area contributed by atoms with Crippen molar-refractivity contribution in [1.29, 1.82) is 0 Å². The van der Waals surface area contributed by atoms with Gasteiger partial charge in [0.05, 0.1) is 36.7 Å². The van der Waals surface area contributed by atoms with E-state index >= 15 is 0 Å². The molecule has 0 spiro atoms. The molecule has 0 bridgehead atoms. The number of ether oxygens (including phenoxy) is 1. The predicted molar refractivity (Wildman–Crippen MR) is 132 cm³/mol. The zero-order chi connectivity index (χ0) is 24.4. The average molecular weight is 473 g/mol. The van der Waals surface area contributed by atoms with Gasteiger partial charge in [-0.3, -0.25) is 19.6 Å². The molecule has 9 heteroatoms. The number of pyridine rings is 1. The van der Waals surface area contributed by atoms with Crippen molar-refractivity contribution in [3.63, 3.8) is 0 Å². The summed E-state index contributed by atoms with van der Waals surface area (Å²) in [6, 6.07) is 9.68. The standard InChI is InChI=1S/C26H28N6O3/c1-17-13-23(30-25-16-27-7-8-28-25)21-14-19(4-6-24(21)32(17)18(2)33)22-5-3-20(15-29-22)26(34)31-9-11-35-12-10-31/h3-8,14-17,23H,9-13H2,1-2H3,(H,28,30). The quantitative estimate of drug-likeness (QED) is 0.622. The number of hydrogen-bond acceptors (Lipinski definition) is 7. The van der Waals surface area contributed by atoms with Crippen LogP contribution in [-0.2, 0) is 9.53 Å². The first-order valence-corrected chi connectivity index (χ1v) is 11.8. The molecule has 35 heavy (non-hydrogen) atoms. The molecule has 0 saturated carbocycles. The van der Waals surface area contributed by atoms with Gasteiger partial charge >= 0.3 is 0 Å². The molecular formula is C26H28N6O3. The van der Waals surface area contributed by atoms with Crippen LogP contribution in [0, 0.1) is 0 Å². The number of rotatable bonds is 4. The van der Waals surface area contributed by atoms with Gasteiger partial charge in [-0.25, -0.2) is 4.98 Å². The molecule has 2 amide bonds. The van der Waals surface area contributed by atoms with Crippen LogP contribution in [-0.4, -0.2) is 64.0 Å². The summed E-state index contributed by atoms with van der Waals surface area (Å²) in [4.78, 5) is 41.9. The SMILES string of the molecule is CC(=O)N1c2ccc(-c3ccc(C(=O)N4CCOCC4)cn3)cc2C(Nc2cnccn2)CC1C. The van der Waals surface area contributed by atoms with Gasteiger partial charge in [0.2, 0.25) is 5.91 Å². The van der Waals surface area contributed by atoms with Crippen molar-refractivity contribution in [3.8, 4) is 11.3 Å². The van der Waals surface area contributed by atoms with Crippen molar-refractivity contribution in [3.05, 3.63) is 66.2 Å². The van der Waals surface area contributed by atoms with E-state index < -0.39 is 0 Å². The normalized spacial score (nSPS) is 19.7. The number of carbonyl (C=O) groups is 2. The fourth-order valence-electron chi connectivity index (χ4n) is 4.83. The van der Waals surface area contributed by atoms with Crippen LogP contribution in [0.15, 0.2) is 55.1 Å². The van der Waals surface area contributed by atoms with Gasteiger partial charge in [0.15, 0.2) is 0 Å². The fraction of sp³-hybridized carbons (Fsp3) is 0.346. The zero-order valence-corrected chi connectivity index (χ0v) is 19.8. The van der Waals surface area contributed by atoms with Gasteiger partial charge in [-0.05, 0) is 43.2 Å². The molecule has 2 aliphatic rings. The van der Waals surface area contributed by atoms with Gasteiger partial charge < -0.3 is 19.9 Å². The lowest BCUT2D eigenvalue weighted by atomic mass is 9.89. The summed E-state index contributed by atoms with van der Waals surface area (Å²) < 4.78 is 5.34. The molecule has 3 aromatic rings. The second-order valence-corrected chi connectivity index (χ2v) is 8.87. The molecule has 0 radical (unpaired) electrons. The van der Waals surface area contributed by atoms with E-state index in [1.807, 2.05) is 29.2 Å². The average Bonchev–Trinajstić information content (AvgIpc) is 2.89. The van der Waals surface area contributed by atoms with Crippen LogP contribution in [0.1, 0.15) is 42.2 Å². The van der Waals surface area contributed by atoms with Crippen molar-refractivity contribution in [2.24, 2.45) is 0 Å². The van der Waals surface area contributed by atoms with E-state index in [0.29, 0.717) is 37.7 Å². The van der Waals surface area contributed by atoms with Crippen LogP contribution < -0.4 is 10.2 Å². The van der Waals surface area contributed by atoms with E-state index in [2.05, 4.69) is 33.3 Å². The molecule has 2 aromatic heterocycles. The minimum absolute atomic E-state index is 0.00792. The third kappa shape index (κ3) is 4.72. The van der Waals surface area contributed by atoms with E-state index in [9.17, 15) is 9.59 Å². The molecule has 1 aromatic carbocycles. The summed E-state index contributed by atoms with van der Waals surface area (Å²) in [6.07, 6.45) is 7.34. The minimum atomic E-state index is -0.0468. The topological polar surface area (TPSA) is 101 Å². The number of nitrogens with one attached hydrogen (secondary N) is 1. The zero-order valence-electron chi connectivity index (χ0n) is 19.8. The smallest absolute Gasteiger partial charge is 0.255 e. The lowest BCUT2D eigenvalue weighted by Crippen LogP contribution is -2.43. The van der Waals surface area contributed by atoms with Crippen molar-refractivity contribution in [2.45, 2.75) is 32.4 Å². The number of benzene rings is 1. The highest BCUT2D eigenvalue weighted by atomic mass is 16.5. The number of nitrogens with zero attached hydrogens (tertiary/aromatic N) is 5. The van der Waals surface area contributed by atoms with Crippen molar-refractivity contribution in [1.82, 2.24) is 19.9 Å². The second kappa shape index (κ2) is 9.79. The van der Waals surface area contributed by atoms with E-state index in [1.165, 1.54) is 0 Å². The number of hydrogen-bond donors (Lipinski definition) is 1. The van der Waals surface area contributed by atoms with Gasteiger partial charge in [-0.15, -0.1) is 0 Å². The summed E-state index contributed by atoms with van der Waals surface area (Å²) in [6.45, 7) is 5.96. The molecule has 2 aliphatic heterocycles. The molecule has 180 valence electrons. The first-order chi connectivity index (χ1) is 17.0. The number of morpholine rings is 1. The van der Waals surface area contributed by atoms with Crippen LogP contribution in [0.2, 0.25) is 0 Å². The molecule has 1 N–H and O–H groups in total. The molecule has 4 heterocycles. The van der Waals surface area contributed by atoms with Crippen LogP contribution >= 0.6 is 0 Å². The highest BCUT2D eigenvalue weighted by Gasteiger charge is 2.33. The first-order valence-electron chi connectivity index (χ1n) is 11.8. The Hall–Kier alpha value is -3.85. The van der Waals surface area contributed by atoms with E-state index in [0.717, 1.165) is 28.9 Å². The number of carbonyl (C=O) groups excluding carboxylic acids is 2. The summed E-state index contributed by atoms with van der Waals surface area (Å²) >= 11 is 0. The van der Waals surface area contributed by atoms with Gasteiger partial charge in [0.25, 0.3) is 5.91 Å². The highest BCUT2D eigenvalue weighted by Crippen LogP contribution is 2.40. The number of fused-ring (bicyclic) bond motifs is 1. The Kier molecular flexibility index (Phi) is 6.41. The van der Waals surface area contributed by atoms with Crippen LogP contribution in [0.3, 0.4) is 0 Å². The van der Waals surface area contributed by atoms with Crippen molar-refractivity contribution < 1.29 is 14.3 Å². The Balaban J connectivity index is 1.45. The predicted octanol–water partition coefficient (Wildman–Crippen LogP) is 3.31. The second-order valence-electron chi connectivity index (χ2n) is 8.87. The largest absolute Gasteiger partial charge is 0.378 e. The highest BCUT2D eigenvalue weighted by molar-refractivity contribution is 5.95. The number of anilines is 2. The summed E-state index contributed by atoms with van der Waals surface area (Å²) in [7, 11) is 0. The monoisotopic (exact) mass is 472 g/mol. The summed E-state index contributed by atoms with van der Waals surface area (Å²) in [5, 5.41) is 3.47. The van der Waals surface area contributed by atoms with E-state index in [-0.39, 0.29) is 23.9 Å². The molecular weight excluding hydrogens is 444 g/mol. The maximum Gasteiger partial charge on any atom is 0.255 e. The lowest BCUT2D eigenvalue weighted by molar-refractivity contribution is -0.117. The van der Waals surface area contributed by atoms with Gasteiger partial charge in [0, 0.05) is 55.9 Å². The van der Waals surface area contributed by atoms with Gasteiger partial charge in [-0.2, -0.15) is 0 Å². The van der Waals surface area contributed by atoms with Gasteiger partial charge in [-0.1, -0.05) is 6.07 Å². The molecule has 1 saturated heterocycles. The Morgan fingerprint density at radius 2 is 1.89 bits per heavy atom. The maximum absolute atomic E-state index is 12.8. The Morgan fingerprint density at radius 1 is 1.06 bits per heavy atom. The van der Waals surface area contributed by atoms with Crippen molar-refractivity contribution in [2.75, 3.05) is 36.5 Å². The molecule has 5 rings (SSSR count). The molecule has 1 fully saturated rings. The molecule has 9 nitrogen and oxygen atoms in total. The molecule has 0 aliphatic carbocycles. The fourth-order valence-corrected chi connectivity index (χ4v) is 4.83. The van der Waals surface area contributed by atoms with Crippen LogP contribution in [0.25, 0.3) is 11.3 Å². The molecule has 2 atom stereocenters. The summed E-state index contributed by atoms with van der Waals surface area (Å²) in [5.74, 6) is 0.659. The third-order valence-corrected chi connectivity index (χ3v) is 6.51. The maximum atomic E-state index is 12.8. The Labute approximate surface area is 204 Å².